The molecule has 18 heavy (non-hydrogen) atoms. The van der Waals surface area contributed by atoms with Crippen LogP contribution in [0.5, 0.6) is 0 Å². The van der Waals surface area contributed by atoms with Crippen LogP contribution >= 0.6 is 22.9 Å². The van der Waals surface area contributed by atoms with Crippen molar-refractivity contribution in [2.45, 2.75) is 32.3 Å². The Labute approximate surface area is 117 Å². The fraction of sp³-hybridized carbons (Fsp3) is 0.333. The van der Waals surface area contributed by atoms with Crippen molar-refractivity contribution in [2.24, 2.45) is 0 Å². The lowest BCUT2D eigenvalue weighted by molar-refractivity contribution is 0.166. The third kappa shape index (κ3) is 4.13. The van der Waals surface area contributed by atoms with Crippen molar-refractivity contribution < 1.29 is 5.11 Å². The minimum absolute atomic E-state index is 0.291. The van der Waals surface area contributed by atoms with Gasteiger partial charge in [-0.15, -0.1) is 11.3 Å². The molecule has 3 heteroatoms. The highest BCUT2D eigenvalue weighted by Crippen LogP contribution is 2.23. The molecule has 1 atom stereocenters. The summed E-state index contributed by atoms with van der Waals surface area (Å²) in [5, 5.41) is 9.99. The van der Waals surface area contributed by atoms with E-state index in [2.05, 4.69) is 31.2 Å². The molecule has 2 aromatic rings. The van der Waals surface area contributed by atoms with E-state index in [-0.39, 0.29) is 6.10 Å². The van der Waals surface area contributed by atoms with Gasteiger partial charge in [-0.05, 0) is 37.5 Å². The average Bonchev–Trinajstić information content (AvgIpc) is 2.74. The van der Waals surface area contributed by atoms with E-state index in [4.69, 9.17) is 11.6 Å². The van der Waals surface area contributed by atoms with E-state index in [0.717, 1.165) is 22.1 Å². The predicted octanol–water partition coefficient (Wildman–Crippen LogP) is 4.25. The fourth-order valence-electron chi connectivity index (χ4n) is 1.88. The Morgan fingerprint density at radius 1 is 1.17 bits per heavy atom. The van der Waals surface area contributed by atoms with E-state index in [0.29, 0.717) is 6.42 Å². The maximum atomic E-state index is 9.99. The maximum Gasteiger partial charge on any atom is 0.0931 e. The van der Waals surface area contributed by atoms with Crippen LogP contribution in [0.4, 0.5) is 0 Å². The molecule has 0 aliphatic rings. The van der Waals surface area contributed by atoms with Gasteiger partial charge in [-0.25, -0.2) is 0 Å². The van der Waals surface area contributed by atoms with Gasteiger partial charge >= 0.3 is 0 Å². The second kappa shape index (κ2) is 6.37. The molecule has 0 aliphatic heterocycles. The van der Waals surface area contributed by atoms with Crippen LogP contribution in [0.2, 0.25) is 4.34 Å². The van der Waals surface area contributed by atoms with Crippen molar-refractivity contribution in [1.82, 2.24) is 0 Å². The molecule has 1 aromatic heterocycles. The van der Waals surface area contributed by atoms with Crippen molar-refractivity contribution in [1.29, 1.82) is 0 Å². The zero-order valence-electron chi connectivity index (χ0n) is 10.4. The Balaban J connectivity index is 1.81. The summed E-state index contributed by atoms with van der Waals surface area (Å²) in [6, 6.07) is 12.4. The SMILES string of the molecule is Cc1ccc(CCC(O)Cc2ccc(Cl)s2)cc1. The summed E-state index contributed by atoms with van der Waals surface area (Å²) in [6.45, 7) is 2.08. The van der Waals surface area contributed by atoms with Crippen LogP contribution in [0, 0.1) is 6.92 Å². The Morgan fingerprint density at radius 3 is 2.50 bits per heavy atom. The highest BCUT2D eigenvalue weighted by molar-refractivity contribution is 7.16. The lowest BCUT2D eigenvalue weighted by atomic mass is 10.0. The molecule has 0 spiro atoms. The number of benzene rings is 1. The van der Waals surface area contributed by atoms with E-state index in [1.807, 2.05) is 12.1 Å². The van der Waals surface area contributed by atoms with Crippen LogP contribution in [-0.2, 0) is 12.8 Å². The zero-order chi connectivity index (χ0) is 13.0. The molecule has 0 bridgehead atoms. The topological polar surface area (TPSA) is 20.2 Å². The van der Waals surface area contributed by atoms with E-state index in [9.17, 15) is 5.11 Å². The lowest BCUT2D eigenvalue weighted by Gasteiger charge is -2.09. The molecule has 0 saturated carbocycles. The molecule has 1 heterocycles. The average molecular weight is 281 g/mol. The number of hydrogen-bond acceptors (Lipinski definition) is 2. The number of aliphatic hydroxyl groups excluding tert-OH is 1. The van der Waals surface area contributed by atoms with Gasteiger partial charge in [-0.3, -0.25) is 0 Å². The minimum Gasteiger partial charge on any atom is -0.393 e. The Hall–Kier alpha value is -0.830. The predicted molar refractivity (Wildman–Crippen MR) is 78.5 cm³/mol. The maximum absolute atomic E-state index is 9.99. The van der Waals surface area contributed by atoms with Crippen molar-refractivity contribution in [3.05, 3.63) is 56.7 Å². The number of thiophene rings is 1. The molecule has 0 saturated heterocycles. The summed E-state index contributed by atoms with van der Waals surface area (Å²) in [5.74, 6) is 0. The lowest BCUT2D eigenvalue weighted by Crippen LogP contribution is -2.10. The summed E-state index contributed by atoms with van der Waals surface area (Å²) in [7, 11) is 0. The summed E-state index contributed by atoms with van der Waals surface area (Å²) in [6.07, 6.45) is 2.11. The van der Waals surface area contributed by atoms with E-state index < -0.39 is 0 Å². The monoisotopic (exact) mass is 280 g/mol. The number of hydrogen-bond donors (Lipinski definition) is 1. The summed E-state index contributed by atoms with van der Waals surface area (Å²) in [4.78, 5) is 1.15. The van der Waals surface area contributed by atoms with Crippen LogP contribution in [0.3, 0.4) is 0 Å². The Bertz CT molecular complexity index is 489. The first kappa shape index (κ1) is 13.6. The summed E-state index contributed by atoms with van der Waals surface area (Å²) in [5.41, 5.74) is 2.55. The van der Waals surface area contributed by atoms with Gasteiger partial charge in [0.05, 0.1) is 10.4 Å². The largest absolute Gasteiger partial charge is 0.393 e. The van der Waals surface area contributed by atoms with Gasteiger partial charge in [-0.1, -0.05) is 41.4 Å². The van der Waals surface area contributed by atoms with Gasteiger partial charge in [0.2, 0.25) is 0 Å². The van der Waals surface area contributed by atoms with Gasteiger partial charge in [0, 0.05) is 11.3 Å². The van der Waals surface area contributed by atoms with Gasteiger partial charge in [0.25, 0.3) is 0 Å². The number of aliphatic hydroxyl groups is 1. The normalized spacial score (nSPS) is 12.6. The second-order valence-corrected chi connectivity index (χ2v) is 6.39. The van der Waals surface area contributed by atoms with E-state index in [1.54, 1.807) is 11.3 Å². The smallest absolute Gasteiger partial charge is 0.0931 e. The van der Waals surface area contributed by atoms with Crippen molar-refractivity contribution in [3.63, 3.8) is 0 Å². The third-order valence-electron chi connectivity index (χ3n) is 2.95. The molecule has 96 valence electrons. The first-order valence-corrected chi connectivity index (χ1v) is 7.31. The standard InChI is InChI=1S/C15H17ClOS/c1-11-2-4-12(5-3-11)6-7-13(17)10-14-8-9-15(16)18-14/h2-5,8-9,13,17H,6-7,10H2,1H3. The van der Waals surface area contributed by atoms with Gasteiger partial charge < -0.3 is 5.11 Å². The molecule has 2 rings (SSSR count). The molecular weight excluding hydrogens is 264 g/mol. The highest BCUT2D eigenvalue weighted by Gasteiger charge is 2.08. The Morgan fingerprint density at radius 2 is 1.89 bits per heavy atom. The van der Waals surface area contributed by atoms with Gasteiger partial charge in [0.15, 0.2) is 0 Å². The number of aryl methyl sites for hydroxylation is 2. The van der Waals surface area contributed by atoms with Crippen molar-refractivity contribution in [2.75, 3.05) is 0 Å². The second-order valence-electron chi connectivity index (χ2n) is 4.59. The van der Waals surface area contributed by atoms with Crippen LogP contribution in [-0.4, -0.2) is 11.2 Å². The molecule has 0 amide bonds. The molecule has 1 nitrogen and oxygen atoms in total. The fourth-order valence-corrected chi connectivity index (χ4v) is 3.04. The summed E-state index contributed by atoms with van der Waals surface area (Å²) >= 11 is 7.41. The first-order valence-electron chi connectivity index (χ1n) is 6.11. The number of halogens is 1. The zero-order valence-corrected chi connectivity index (χ0v) is 12.0. The quantitative estimate of drug-likeness (QED) is 0.868. The van der Waals surface area contributed by atoms with Crippen LogP contribution < -0.4 is 0 Å². The third-order valence-corrected chi connectivity index (χ3v) is 4.21. The van der Waals surface area contributed by atoms with Crippen LogP contribution in [0.15, 0.2) is 36.4 Å². The molecule has 0 fully saturated rings. The molecule has 0 radical (unpaired) electrons. The molecule has 0 aliphatic carbocycles. The van der Waals surface area contributed by atoms with Crippen LogP contribution in [0.25, 0.3) is 0 Å². The van der Waals surface area contributed by atoms with Gasteiger partial charge in [0.1, 0.15) is 0 Å². The number of rotatable bonds is 5. The molecule has 1 N–H and O–H groups in total. The molecule has 1 aromatic carbocycles. The van der Waals surface area contributed by atoms with Crippen molar-refractivity contribution >= 4 is 22.9 Å². The van der Waals surface area contributed by atoms with E-state index in [1.165, 1.54) is 11.1 Å². The van der Waals surface area contributed by atoms with Gasteiger partial charge in [-0.2, -0.15) is 0 Å². The summed E-state index contributed by atoms with van der Waals surface area (Å²) < 4.78 is 0.788. The van der Waals surface area contributed by atoms with Crippen molar-refractivity contribution in [3.8, 4) is 0 Å². The first-order chi connectivity index (χ1) is 8.63. The van der Waals surface area contributed by atoms with Crippen LogP contribution in [0.1, 0.15) is 22.4 Å². The van der Waals surface area contributed by atoms with E-state index >= 15 is 0 Å². The molecule has 1 unspecified atom stereocenters. The highest BCUT2D eigenvalue weighted by atomic mass is 35.5. The minimum atomic E-state index is -0.291. The molecular formula is C15H17ClOS. The Kier molecular flexibility index (Phi) is 4.81.